The van der Waals surface area contributed by atoms with E-state index in [0.29, 0.717) is 11.3 Å². The van der Waals surface area contributed by atoms with Gasteiger partial charge in [0.05, 0.1) is 19.0 Å². The van der Waals surface area contributed by atoms with Crippen molar-refractivity contribution in [3.8, 4) is 5.75 Å². The highest BCUT2D eigenvalue weighted by atomic mass is 31.2. The van der Waals surface area contributed by atoms with E-state index in [9.17, 15) is 19.3 Å². The average molecular weight is 638 g/mol. The Balaban J connectivity index is 1.60. The number of aliphatic hydroxyl groups excluding tert-OH is 1. The Morgan fingerprint density at radius 1 is 1.23 bits per heavy atom. The number of imidazole rings is 1. The number of benzene rings is 1. The van der Waals surface area contributed by atoms with Crippen LogP contribution in [0, 0.1) is 0 Å². The summed E-state index contributed by atoms with van der Waals surface area (Å²) in [4.78, 5) is 38.7. The third-order valence-corrected chi connectivity index (χ3v) is 8.16. The van der Waals surface area contributed by atoms with Crippen molar-refractivity contribution in [1.29, 1.82) is 0 Å². The second-order valence-electron chi connectivity index (χ2n) is 10.9. The van der Waals surface area contributed by atoms with E-state index in [0.717, 1.165) is 6.92 Å². The monoisotopic (exact) mass is 637 g/mol. The first-order valence-electron chi connectivity index (χ1n) is 13.8. The number of amides is 1. The molecule has 3 aromatic rings. The number of para-hydroxylation sites is 1. The van der Waals surface area contributed by atoms with Crippen molar-refractivity contribution in [3.63, 3.8) is 0 Å². The smallest absolute Gasteiger partial charge is 0.459 e. The predicted octanol–water partition coefficient (Wildman–Crippen LogP) is 2.97. The number of alkyl halides is 1. The zero-order valence-electron chi connectivity index (χ0n) is 25.4. The molecule has 1 amide bonds. The molecule has 6 atom stereocenters. The van der Waals surface area contributed by atoms with Gasteiger partial charge in [-0.1, -0.05) is 18.2 Å². The molecule has 1 saturated heterocycles. The van der Waals surface area contributed by atoms with Gasteiger partial charge >= 0.3 is 13.7 Å². The summed E-state index contributed by atoms with van der Waals surface area (Å²) in [5.41, 5.74) is -1.98. The van der Waals surface area contributed by atoms with Crippen LogP contribution < -0.4 is 19.8 Å². The first-order chi connectivity index (χ1) is 20.6. The fraction of sp³-hybridized carbons (Fsp3) is 0.519. The van der Waals surface area contributed by atoms with E-state index in [2.05, 4.69) is 25.4 Å². The number of hydrogen-bond acceptors (Lipinski definition) is 12. The number of anilines is 2. The van der Waals surface area contributed by atoms with Crippen LogP contribution in [0.25, 0.3) is 11.2 Å². The van der Waals surface area contributed by atoms with Crippen LogP contribution in [0.15, 0.2) is 36.7 Å². The standard InChI is InChI=1S/C27H37FN7O8P/c1-15(2)41-24(38)16(3)33-44(39,43-18-11-9-8-10-12-18)40-13-19-21(37)27(5,28)25(42-19)35-14-29-20-22(34(6)7)31-26(30-17(4)36)32-23(20)35/h8-12,14-16,19,21,25,37H,13H2,1-7H3,(H,33,39)(H,30,31,32,36)/t16-,19+,21+,25+,27+,44-/m0/s1. The summed E-state index contributed by atoms with van der Waals surface area (Å²) in [5.74, 6) is -0.622. The van der Waals surface area contributed by atoms with E-state index in [4.69, 9.17) is 18.5 Å². The number of aliphatic hydroxyl groups is 1. The Labute approximate surface area is 253 Å². The molecule has 240 valence electrons. The summed E-state index contributed by atoms with van der Waals surface area (Å²) in [7, 11) is -0.889. The van der Waals surface area contributed by atoms with Gasteiger partial charge in [0.15, 0.2) is 28.9 Å². The van der Waals surface area contributed by atoms with E-state index in [1.165, 1.54) is 36.9 Å². The number of carbonyl (C=O) groups is 2. The molecular formula is C27H37FN7O8P. The highest BCUT2D eigenvalue weighted by molar-refractivity contribution is 7.52. The minimum Gasteiger partial charge on any atom is -0.462 e. The molecule has 3 N–H and O–H groups in total. The number of rotatable bonds is 12. The molecular weight excluding hydrogens is 600 g/mol. The third-order valence-electron chi connectivity index (χ3n) is 6.52. The topological polar surface area (TPSA) is 179 Å². The van der Waals surface area contributed by atoms with Crippen molar-refractivity contribution in [3.05, 3.63) is 36.7 Å². The minimum absolute atomic E-state index is 0.0374. The predicted molar refractivity (Wildman–Crippen MR) is 158 cm³/mol. The molecule has 3 heterocycles. The van der Waals surface area contributed by atoms with Gasteiger partial charge in [0, 0.05) is 21.0 Å². The van der Waals surface area contributed by atoms with Crippen LogP contribution in [0.2, 0.25) is 0 Å². The van der Waals surface area contributed by atoms with Crippen LogP contribution in [-0.4, -0.2) is 87.2 Å². The molecule has 1 aliphatic heterocycles. The van der Waals surface area contributed by atoms with E-state index in [1.807, 2.05) is 0 Å². The number of halogens is 1. The maximum atomic E-state index is 16.2. The van der Waals surface area contributed by atoms with Gasteiger partial charge < -0.3 is 24.0 Å². The Bertz CT molecular complexity index is 1540. The fourth-order valence-corrected chi connectivity index (χ4v) is 5.96. The highest BCUT2D eigenvalue weighted by Crippen LogP contribution is 2.48. The van der Waals surface area contributed by atoms with E-state index in [-0.39, 0.29) is 17.3 Å². The SMILES string of the molecule is CC(=O)Nc1nc(N(C)C)c2ncn([C@@H]3O[C@H](CO[P@@](=O)(N[C@@H](C)C(=O)OC(C)C)Oc4ccccc4)[C@@H](O)[C@@]3(C)F)c2n1. The maximum absolute atomic E-state index is 16.2. The molecule has 0 spiro atoms. The van der Waals surface area contributed by atoms with Gasteiger partial charge in [-0.25, -0.2) is 13.9 Å². The van der Waals surface area contributed by atoms with Gasteiger partial charge in [0.2, 0.25) is 11.9 Å². The highest BCUT2D eigenvalue weighted by Gasteiger charge is 2.56. The molecule has 0 radical (unpaired) electrons. The second-order valence-corrected chi connectivity index (χ2v) is 12.6. The molecule has 4 rings (SSSR count). The summed E-state index contributed by atoms with van der Waals surface area (Å²) in [6.07, 6.45) is -3.70. The molecule has 1 aliphatic rings. The molecule has 2 aromatic heterocycles. The second kappa shape index (κ2) is 13.1. The summed E-state index contributed by atoms with van der Waals surface area (Å²) >= 11 is 0. The van der Waals surface area contributed by atoms with Gasteiger partial charge in [-0.05, 0) is 39.8 Å². The lowest BCUT2D eigenvalue weighted by Crippen LogP contribution is -2.41. The van der Waals surface area contributed by atoms with Gasteiger partial charge in [-0.2, -0.15) is 15.1 Å². The fourth-order valence-electron chi connectivity index (χ4n) is 4.45. The molecule has 0 saturated carbocycles. The number of aromatic nitrogens is 4. The van der Waals surface area contributed by atoms with Crippen molar-refractivity contribution >= 4 is 42.6 Å². The molecule has 0 bridgehead atoms. The lowest BCUT2D eigenvalue weighted by Gasteiger charge is -2.25. The van der Waals surface area contributed by atoms with Crippen LogP contribution in [-0.2, 0) is 28.2 Å². The lowest BCUT2D eigenvalue weighted by atomic mass is 9.98. The van der Waals surface area contributed by atoms with Crippen molar-refractivity contribution in [2.75, 3.05) is 30.9 Å². The Kier molecular flexibility index (Phi) is 9.90. The first-order valence-corrected chi connectivity index (χ1v) is 15.3. The Morgan fingerprint density at radius 2 is 1.91 bits per heavy atom. The number of carbonyl (C=O) groups excluding carboxylic acids is 2. The van der Waals surface area contributed by atoms with E-state index >= 15 is 4.39 Å². The number of ether oxygens (including phenoxy) is 2. The van der Waals surface area contributed by atoms with Crippen molar-refractivity contribution in [2.24, 2.45) is 0 Å². The van der Waals surface area contributed by atoms with Crippen molar-refractivity contribution < 1.29 is 42.2 Å². The molecule has 17 heteroatoms. The van der Waals surface area contributed by atoms with Crippen LogP contribution in [0.1, 0.15) is 40.8 Å². The maximum Gasteiger partial charge on any atom is 0.459 e. The Morgan fingerprint density at radius 3 is 2.52 bits per heavy atom. The Hall–Kier alpha value is -3.69. The van der Waals surface area contributed by atoms with E-state index < -0.39 is 62.5 Å². The quantitative estimate of drug-likeness (QED) is 0.195. The minimum atomic E-state index is -4.32. The van der Waals surface area contributed by atoms with Gasteiger partial charge in [-0.15, -0.1) is 0 Å². The summed E-state index contributed by atoms with van der Waals surface area (Å²) in [6.45, 7) is 6.60. The summed E-state index contributed by atoms with van der Waals surface area (Å²) < 4.78 is 53.7. The molecule has 44 heavy (non-hydrogen) atoms. The third kappa shape index (κ3) is 7.33. The van der Waals surface area contributed by atoms with E-state index in [1.54, 1.807) is 51.0 Å². The largest absolute Gasteiger partial charge is 0.462 e. The van der Waals surface area contributed by atoms with Crippen LogP contribution >= 0.6 is 7.75 Å². The number of esters is 1. The molecule has 15 nitrogen and oxygen atoms in total. The summed E-state index contributed by atoms with van der Waals surface area (Å²) in [5, 5.41) is 16.0. The average Bonchev–Trinajstić information content (AvgIpc) is 3.44. The van der Waals surface area contributed by atoms with Crippen LogP contribution in [0.4, 0.5) is 16.2 Å². The zero-order chi connectivity index (χ0) is 32.4. The summed E-state index contributed by atoms with van der Waals surface area (Å²) in [6, 6.07) is 6.99. The zero-order valence-corrected chi connectivity index (χ0v) is 26.3. The van der Waals surface area contributed by atoms with Crippen molar-refractivity contribution in [2.45, 2.75) is 70.9 Å². The molecule has 1 aromatic carbocycles. The lowest BCUT2D eigenvalue weighted by molar-refractivity contribution is -0.149. The number of nitrogens with one attached hydrogen (secondary N) is 2. The first kappa shape index (κ1) is 33.2. The van der Waals surface area contributed by atoms with Crippen LogP contribution in [0.5, 0.6) is 5.75 Å². The number of nitrogens with zero attached hydrogens (tertiary/aromatic N) is 5. The van der Waals surface area contributed by atoms with Gasteiger partial charge in [0.25, 0.3) is 0 Å². The number of fused-ring (bicyclic) bond motifs is 1. The molecule has 1 fully saturated rings. The molecule has 0 unspecified atom stereocenters. The van der Waals surface area contributed by atoms with Gasteiger partial charge in [0.1, 0.15) is 24.0 Å². The van der Waals surface area contributed by atoms with Gasteiger partial charge in [-0.3, -0.25) is 24.0 Å². The molecule has 0 aliphatic carbocycles. The normalized spacial score (nSPS) is 23.7. The van der Waals surface area contributed by atoms with Crippen molar-refractivity contribution in [1.82, 2.24) is 24.6 Å². The number of hydrogen-bond donors (Lipinski definition) is 3. The van der Waals surface area contributed by atoms with Crippen LogP contribution in [0.3, 0.4) is 0 Å².